The van der Waals surface area contributed by atoms with Crippen LogP contribution in [0.3, 0.4) is 0 Å². The van der Waals surface area contributed by atoms with Gasteiger partial charge in [0.2, 0.25) is 0 Å². The maximum absolute atomic E-state index is 9.01. The zero-order valence-corrected chi connectivity index (χ0v) is 11.6. The Morgan fingerprint density at radius 2 is 2.11 bits per heavy atom. The molecule has 0 saturated carbocycles. The van der Waals surface area contributed by atoms with E-state index in [9.17, 15) is 0 Å². The van der Waals surface area contributed by atoms with Gasteiger partial charge in [-0.2, -0.15) is 5.26 Å². The third-order valence-electron chi connectivity index (χ3n) is 3.54. The van der Waals surface area contributed by atoms with Crippen molar-refractivity contribution in [2.24, 2.45) is 5.92 Å². The second kappa shape index (κ2) is 6.44. The van der Waals surface area contributed by atoms with E-state index in [-0.39, 0.29) is 5.92 Å². The minimum absolute atomic E-state index is 0.175. The Morgan fingerprint density at radius 1 is 1.32 bits per heavy atom. The smallest absolute Gasteiger partial charge is 0.161 e. The van der Waals surface area contributed by atoms with Gasteiger partial charge in [-0.3, -0.25) is 4.90 Å². The average molecular weight is 260 g/mol. The maximum atomic E-state index is 9.01. The first-order valence-corrected chi connectivity index (χ1v) is 6.59. The van der Waals surface area contributed by atoms with Crippen molar-refractivity contribution in [3.05, 3.63) is 23.8 Å². The van der Waals surface area contributed by atoms with Crippen LogP contribution < -0.4 is 9.47 Å². The van der Waals surface area contributed by atoms with Crippen LogP contribution in [0.15, 0.2) is 18.2 Å². The number of nitrogens with zero attached hydrogens (tertiary/aromatic N) is 2. The van der Waals surface area contributed by atoms with E-state index in [4.69, 9.17) is 14.7 Å². The van der Waals surface area contributed by atoms with Gasteiger partial charge in [-0.15, -0.1) is 0 Å². The van der Waals surface area contributed by atoms with Gasteiger partial charge in [0, 0.05) is 13.1 Å². The first-order chi connectivity index (χ1) is 9.26. The van der Waals surface area contributed by atoms with E-state index in [2.05, 4.69) is 17.0 Å². The first kappa shape index (κ1) is 13.7. The SMILES string of the molecule is COc1ccc(CN2CCCC(C#N)C2)cc1OC. The lowest BCUT2D eigenvalue weighted by Gasteiger charge is -2.29. The number of hydrogen-bond donors (Lipinski definition) is 0. The molecule has 1 unspecified atom stereocenters. The van der Waals surface area contributed by atoms with Crippen molar-refractivity contribution in [2.45, 2.75) is 19.4 Å². The molecule has 4 nitrogen and oxygen atoms in total. The number of rotatable bonds is 4. The van der Waals surface area contributed by atoms with E-state index in [1.54, 1.807) is 14.2 Å². The van der Waals surface area contributed by atoms with Crippen LogP contribution in [0, 0.1) is 17.2 Å². The van der Waals surface area contributed by atoms with Crippen molar-refractivity contribution in [2.75, 3.05) is 27.3 Å². The molecule has 1 fully saturated rings. The fourth-order valence-electron chi connectivity index (χ4n) is 2.54. The zero-order valence-electron chi connectivity index (χ0n) is 11.6. The Bertz CT molecular complexity index is 468. The highest BCUT2D eigenvalue weighted by molar-refractivity contribution is 5.42. The molecule has 1 aliphatic rings. The molecule has 4 heteroatoms. The lowest BCUT2D eigenvalue weighted by Crippen LogP contribution is -2.34. The largest absolute Gasteiger partial charge is 0.493 e. The molecule has 1 atom stereocenters. The lowest BCUT2D eigenvalue weighted by atomic mass is 9.99. The van der Waals surface area contributed by atoms with Crippen LogP contribution in [-0.2, 0) is 6.54 Å². The molecule has 1 saturated heterocycles. The van der Waals surface area contributed by atoms with E-state index >= 15 is 0 Å². The monoisotopic (exact) mass is 260 g/mol. The Hall–Kier alpha value is -1.73. The predicted molar refractivity (Wildman–Crippen MR) is 73.2 cm³/mol. The molecule has 102 valence electrons. The lowest BCUT2D eigenvalue weighted by molar-refractivity contribution is 0.192. The van der Waals surface area contributed by atoms with Crippen LogP contribution in [-0.4, -0.2) is 32.2 Å². The summed E-state index contributed by atoms with van der Waals surface area (Å²) in [6.07, 6.45) is 2.13. The number of likely N-dealkylation sites (tertiary alicyclic amines) is 1. The zero-order chi connectivity index (χ0) is 13.7. The second-order valence-electron chi connectivity index (χ2n) is 4.89. The molecule has 2 rings (SSSR count). The number of methoxy groups -OCH3 is 2. The highest BCUT2D eigenvalue weighted by Gasteiger charge is 2.19. The van der Waals surface area contributed by atoms with Crippen molar-refractivity contribution >= 4 is 0 Å². The topological polar surface area (TPSA) is 45.5 Å². The summed E-state index contributed by atoms with van der Waals surface area (Å²) in [5, 5.41) is 9.01. The van der Waals surface area contributed by atoms with Crippen LogP contribution in [0.25, 0.3) is 0 Å². The summed E-state index contributed by atoms with van der Waals surface area (Å²) in [4.78, 5) is 2.33. The van der Waals surface area contributed by atoms with Gasteiger partial charge in [-0.25, -0.2) is 0 Å². The van der Waals surface area contributed by atoms with Crippen molar-refractivity contribution in [1.29, 1.82) is 5.26 Å². The molecule has 0 spiro atoms. The number of piperidine rings is 1. The first-order valence-electron chi connectivity index (χ1n) is 6.59. The van der Waals surface area contributed by atoms with E-state index in [0.29, 0.717) is 0 Å². The van der Waals surface area contributed by atoms with Crippen molar-refractivity contribution in [1.82, 2.24) is 4.90 Å². The Balaban J connectivity index is 2.05. The summed E-state index contributed by atoms with van der Waals surface area (Å²) >= 11 is 0. The number of nitriles is 1. The molecule has 0 bridgehead atoms. The summed E-state index contributed by atoms with van der Waals surface area (Å²) in [6, 6.07) is 8.37. The quantitative estimate of drug-likeness (QED) is 0.834. The second-order valence-corrected chi connectivity index (χ2v) is 4.89. The molecule has 1 aliphatic heterocycles. The van der Waals surface area contributed by atoms with Crippen LogP contribution in [0.2, 0.25) is 0 Å². The minimum Gasteiger partial charge on any atom is -0.493 e. The van der Waals surface area contributed by atoms with Gasteiger partial charge in [0.05, 0.1) is 26.2 Å². The van der Waals surface area contributed by atoms with Crippen LogP contribution >= 0.6 is 0 Å². The normalized spacial score (nSPS) is 19.7. The Morgan fingerprint density at radius 3 is 2.79 bits per heavy atom. The van der Waals surface area contributed by atoms with Crippen LogP contribution in [0.1, 0.15) is 18.4 Å². The van der Waals surface area contributed by atoms with E-state index in [1.807, 2.05) is 12.1 Å². The third kappa shape index (κ3) is 3.39. The minimum atomic E-state index is 0.175. The van der Waals surface area contributed by atoms with Gasteiger partial charge in [0.15, 0.2) is 11.5 Å². The molecule has 1 heterocycles. The number of ether oxygens (including phenoxy) is 2. The summed E-state index contributed by atoms with van der Waals surface area (Å²) in [6.45, 7) is 2.79. The molecule has 0 N–H and O–H groups in total. The van der Waals surface area contributed by atoms with Crippen molar-refractivity contribution < 1.29 is 9.47 Å². The fraction of sp³-hybridized carbons (Fsp3) is 0.533. The number of hydrogen-bond acceptors (Lipinski definition) is 4. The fourth-order valence-corrected chi connectivity index (χ4v) is 2.54. The molecular formula is C15H20N2O2. The molecule has 1 aromatic carbocycles. The molecule has 19 heavy (non-hydrogen) atoms. The third-order valence-corrected chi connectivity index (χ3v) is 3.54. The van der Waals surface area contributed by atoms with Crippen LogP contribution in [0.4, 0.5) is 0 Å². The van der Waals surface area contributed by atoms with Crippen molar-refractivity contribution in [3.8, 4) is 17.6 Å². The van der Waals surface area contributed by atoms with E-state index in [1.165, 1.54) is 5.56 Å². The molecular weight excluding hydrogens is 240 g/mol. The van der Waals surface area contributed by atoms with Gasteiger partial charge >= 0.3 is 0 Å². The summed E-state index contributed by atoms with van der Waals surface area (Å²) in [7, 11) is 3.29. The van der Waals surface area contributed by atoms with Crippen LogP contribution in [0.5, 0.6) is 11.5 Å². The maximum Gasteiger partial charge on any atom is 0.161 e. The molecule has 0 amide bonds. The summed E-state index contributed by atoms with van der Waals surface area (Å²) in [5.74, 6) is 1.68. The highest BCUT2D eigenvalue weighted by atomic mass is 16.5. The van der Waals surface area contributed by atoms with Gasteiger partial charge in [-0.1, -0.05) is 6.07 Å². The van der Waals surface area contributed by atoms with E-state index < -0.39 is 0 Å². The van der Waals surface area contributed by atoms with Gasteiger partial charge in [0.1, 0.15) is 0 Å². The molecule has 0 aliphatic carbocycles. The molecule has 0 radical (unpaired) electrons. The van der Waals surface area contributed by atoms with E-state index in [0.717, 1.165) is 44.0 Å². The molecule has 0 aromatic heterocycles. The average Bonchev–Trinajstić information content (AvgIpc) is 2.47. The highest BCUT2D eigenvalue weighted by Crippen LogP contribution is 2.28. The summed E-state index contributed by atoms with van der Waals surface area (Å²) in [5.41, 5.74) is 1.19. The van der Waals surface area contributed by atoms with Gasteiger partial charge in [0.25, 0.3) is 0 Å². The number of benzene rings is 1. The van der Waals surface area contributed by atoms with Gasteiger partial charge in [-0.05, 0) is 37.1 Å². The van der Waals surface area contributed by atoms with Crippen molar-refractivity contribution in [3.63, 3.8) is 0 Å². The Labute approximate surface area is 114 Å². The standard InChI is InChI=1S/C15H20N2O2/c1-18-14-6-5-12(8-15(14)19-2)10-17-7-3-4-13(9-16)11-17/h5-6,8,13H,3-4,7,10-11H2,1-2H3. The molecule has 1 aromatic rings. The summed E-state index contributed by atoms with van der Waals surface area (Å²) < 4.78 is 10.5. The van der Waals surface area contributed by atoms with Gasteiger partial charge < -0.3 is 9.47 Å². The Kier molecular flexibility index (Phi) is 4.64. The predicted octanol–water partition coefficient (Wildman–Crippen LogP) is 2.44.